The van der Waals surface area contributed by atoms with Gasteiger partial charge in [-0.2, -0.15) is 0 Å². The lowest BCUT2D eigenvalue weighted by Gasteiger charge is -2.30. The highest BCUT2D eigenvalue weighted by Gasteiger charge is 2.22. The molecule has 1 atom stereocenters. The van der Waals surface area contributed by atoms with Crippen LogP contribution in [0.1, 0.15) is 19.8 Å². The van der Waals surface area contributed by atoms with Gasteiger partial charge in [0.2, 0.25) is 0 Å². The first-order valence-electron chi connectivity index (χ1n) is 5.33. The lowest BCUT2D eigenvalue weighted by molar-refractivity contribution is -0.125. The van der Waals surface area contributed by atoms with Gasteiger partial charge in [-0.25, -0.2) is 0 Å². The molecule has 0 aromatic heterocycles. The Balaban J connectivity index is 2.66. The Morgan fingerprint density at radius 1 is 1.60 bits per heavy atom. The van der Waals surface area contributed by atoms with Crippen LogP contribution in [0.3, 0.4) is 0 Å². The van der Waals surface area contributed by atoms with Crippen molar-refractivity contribution in [1.29, 1.82) is 0 Å². The van der Waals surface area contributed by atoms with Crippen molar-refractivity contribution in [1.82, 2.24) is 4.90 Å². The fraction of sp³-hybridized carbons (Fsp3) is 0.636. The van der Waals surface area contributed by atoms with E-state index in [0.29, 0.717) is 11.6 Å². The number of likely N-dealkylation sites (tertiary alicyclic amines) is 1. The van der Waals surface area contributed by atoms with E-state index in [9.17, 15) is 4.79 Å². The second-order valence-corrected chi connectivity index (χ2v) is 3.97. The van der Waals surface area contributed by atoms with Gasteiger partial charge in [0.25, 0.3) is 5.91 Å². The Morgan fingerprint density at radius 2 is 2.33 bits per heavy atom. The van der Waals surface area contributed by atoms with Crippen LogP contribution in [0.25, 0.3) is 0 Å². The topological polar surface area (TPSA) is 58.7 Å². The largest absolute Gasteiger partial charge is 0.405 e. The Hall–Kier alpha value is -1.32. The molecule has 15 heavy (non-hydrogen) atoms. The maximum absolute atomic E-state index is 12.0. The number of carbonyl (C=O) groups is 1. The van der Waals surface area contributed by atoms with Gasteiger partial charge in [0.15, 0.2) is 0 Å². The van der Waals surface area contributed by atoms with Crippen LogP contribution in [-0.4, -0.2) is 36.7 Å². The standard InChI is InChI=1S/C11H19N3O/c1-9-4-3-7-14(8-9)11(15)10(13-2)5-6-12/h5-6,9H,3-4,7-8,12H2,1-2H3/b6-5-,13-10?. The van der Waals surface area contributed by atoms with E-state index in [1.165, 1.54) is 12.6 Å². The molecule has 2 N–H and O–H groups in total. The van der Waals surface area contributed by atoms with Gasteiger partial charge in [-0.15, -0.1) is 0 Å². The lowest BCUT2D eigenvalue weighted by atomic mass is 10.00. The molecule has 0 spiro atoms. The summed E-state index contributed by atoms with van der Waals surface area (Å²) in [7, 11) is 1.61. The van der Waals surface area contributed by atoms with Crippen molar-refractivity contribution in [3.8, 4) is 0 Å². The number of amides is 1. The summed E-state index contributed by atoms with van der Waals surface area (Å²) in [5, 5.41) is 0. The summed E-state index contributed by atoms with van der Waals surface area (Å²) >= 11 is 0. The molecule has 1 amide bonds. The van der Waals surface area contributed by atoms with Crippen molar-refractivity contribution in [2.75, 3.05) is 20.1 Å². The van der Waals surface area contributed by atoms with Crippen molar-refractivity contribution in [2.24, 2.45) is 16.6 Å². The first-order valence-corrected chi connectivity index (χ1v) is 5.33. The number of aliphatic imine (C=N–C) groups is 1. The van der Waals surface area contributed by atoms with E-state index in [4.69, 9.17) is 5.73 Å². The molecule has 1 aliphatic heterocycles. The first kappa shape index (κ1) is 11.8. The molecular formula is C11H19N3O. The van der Waals surface area contributed by atoms with Crippen LogP contribution in [0, 0.1) is 5.92 Å². The van der Waals surface area contributed by atoms with Crippen LogP contribution in [0.5, 0.6) is 0 Å². The fourth-order valence-electron chi connectivity index (χ4n) is 1.87. The van der Waals surface area contributed by atoms with E-state index in [1.54, 1.807) is 13.1 Å². The summed E-state index contributed by atoms with van der Waals surface area (Å²) in [5.74, 6) is 0.577. The highest BCUT2D eigenvalue weighted by molar-refractivity contribution is 6.43. The van der Waals surface area contributed by atoms with E-state index in [0.717, 1.165) is 19.5 Å². The zero-order chi connectivity index (χ0) is 11.3. The third-order valence-electron chi connectivity index (χ3n) is 2.66. The van der Waals surface area contributed by atoms with Crippen molar-refractivity contribution in [2.45, 2.75) is 19.8 Å². The van der Waals surface area contributed by atoms with E-state index in [2.05, 4.69) is 11.9 Å². The van der Waals surface area contributed by atoms with Crippen LogP contribution in [-0.2, 0) is 4.79 Å². The summed E-state index contributed by atoms with van der Waals surface area (Å²) in [5.41, 5.74) is 5.70. The van der Waals surface area contributed by atoms with E-state index in [-0.39, 0.29) is 5.91 Å². The summed E-state index contributed by atoms with van der Waals surface area (Å²) in [6, 6.07) is 0. The molecule has 0 aromatic rings. The maximum Gasteiger partial charge on any atom is 0.272 e. The predicted molar refractivity (Wildman–Crippen MR) is 61.7 cm³/mol. The highest BCUT2D eigenvalue weighted by Crippen LogP contribution is 2.15. The van der Waals surface area contributed by atoms with E-state index in [1.807, 2.05) is 4.90 Å². The van der Waals surface area contributed by atoms with Crippen molar-refractivity contribution in [3.05, 3.63) is 12.3 Å². The number of hydrogen-bond donors (Lipinski definition) is 1. The van der Waals surface area contributed by atoms with Gasteiger partial charge in [-0.3, -0.25) is 9.79 Å². The number of carbonyl (C=O) groups excluding carboxylic acids is 1. The Kier molecular flexibility index (Phi) is 4.34. The van der Waals surface area contributed by atoms with Crippen LogP contribution >= 0.6 is 0 Å². The van der Waals surface area contributed by atoms with Gasteiger partial charge in [0, 0.05) is 20.1 Å². The molecule has 1 unspecified atom stereocenters. The number of hydrogen-bond acceptors (Lipinski definition) is 3. The van der Waals surface area contributed by atoms with Crippen LogP contribution < -0.4 is 5.73 Å². The smallest absolute Gasteiger partial charge is 0.272 e. The molecular weight excluding hydrogens is 190 g/mol. The molecule has 1 rings (SSSR count). The molecule has 0 saturated carbocycles. The molecule has 0 aliphatic carbocycles. The van der Waals surface area contributed by atoms with Crippen LogP contribution in [0.15, 0.2) is 17.3 Å². The zero-order valence-corrected chi connectivity index (χ0v) is 9.44. The Labute approximate surface area is 90.8 Å². The summed E-state index contributed by atoms with van der Waals surface area (Å²) in [4.78, 5) is 17.7. The number of piperidine rings is 1. The van der Waals surface area contributed by atoms with Crippen molar-refractivity contribution in [3.63, 3.8) is 0 Å². The molecule has 0 aromatic carbocycles. The minimum atomic E-state index is -0.00856. The third-order valence-corrected chi connectivity index (χ3v) is 2.66. The average molecular weight is 209 g/mol. The van der Waals surface area contributed by atoms with Crippen LogP contribution in [0.4, 0.5) is 0 Å². The molecule has 0 radical (unpaired) electrons. The molecule has 1 fully saturated rings. The minimum absolute atomic E-state index is 0.00856. The first-order chi connectivity index (χ1) is 7.19. The number of nitrogens with two attached hydrogens (primary N) is 1. The monoisotopic (exact) mass is 209 g/mol. The predicted octanol–water partition coefficient (Wildman–Crippen LogP) is 0.788. The van der Waals surface area contributed by atoms with Crippen LogP contribution in [0.2, 0.25) is 0 Å². The number of nitrogens with zero attached hydrogens (tertiary/aromatic N) is 2. The molecule has 0 bridgehead atoms. The highest BCUT2D eigenvalue weighted by atomic mass is 16.2. The third kappa shape index (κ3) is 3.08. The van der Waals surface area contributed by atoms with E-state index < -0.39 is 0 Å². The van der Waals surface area contributed by atoms with Gasteiger partial charge in [0.05, 0.1) is 0 Å². The Bertz CT molecular complexity index is 284. The minimum Gasteiger partial charge on any atom is -0.405 e. The van der Waals surface area contributed by atoms with Gasteiger partial charge in [0.1, 0.15) is 5.71 Å². The van der Waals surface area contributed by atoms with Gasteiger partial charge >= 0.3 is 0 Å². The summed E-state index contributed by atoms with van der Waals surface area (Å²) in [6.07, 6.45) is 5.20. The molecule has 1 saturated heterocycles. The quantitative estimate of drug-likeness (QED) is 0.683. The second-order valence-electron chi connectivity index (χ2n) is 3.97. The summed E-state index contributed by atoms with van der Waals surface area (Å²) in [6.45, 7) is 3.83. The normalized spacial score (nSPS) is 23.5. The molecule has 1 heterocycles. The number of rotatable bonds is 2. The van der Waals surface area contributed by atoms with Crippen molar-refractivity contribution >= 4 is 11.6 Å². The Morgan fingerprint density at radius 3 is 2.87 bits per heavy atom. The van der Waals surface area contributed by atoms with Crippen molar-refractivity contribution < 1.29 is 4.79 Å². The van der Waals surface area contributed by atoms with Gasteiger partial charge in [-0.1, -0.05) is 6.92 Å². The molecule has 4 heteroatoms. The molecule has 4 nitrogen and oxygen atoms in total. The SMILES string of the molecule is CN=C(/C=C\N)C(=O)N1CCCC(C)C1. The fourth-order valence-corrected chi connectivity index (χ4v) is 1.87. The molecule has 1 aliphatic rings. The van der Waals surface area contributed by atoms with Gasteiger partial charge < -0.3 is 10.6 Å². The zero-order valence-electron chi connectivity index (χ0n) is 9.44. The molecule has 84 valence electrons. The lowest BCUT2D eigenvalue weighted by Crippen LogP contribution is -2.42. The average Bonchev–Trinajstić information content (AvgIpc) is 2.25. The maximum atomic E-state index is 12.0. The van der Waals surface area contributed by atoms with E-state index >= 15 is 0 Å². The second kappa shape index (κ2) is 5.53. The van der Waals surface area contributed by atoms with Gasteiger partial charge in [-0.05, 0) is 31.0 Å². The summed E-state index contributed by atoms with van der Waals surface area (Å²) < 4.78 is 0.